The van der Waals surface area contributed by atoms with Crippen LogP contribution in [0.1, 0.15) is 20.8 Å². The molecule has 0 aliphatic heterocycles. The summed E-state index contributed by atoms with van der Waals surface area (Å²) in [4.78, 5) is 27.6. The topological polar surface area (TPSA) is 79.3 Å². The van der Waals surface area contributed by atoms with Crippen molar-refractivity contribution in [3.63, 3.8) is 0 Å². The van der Waals surface area contributed by atoms with E-state index < -0.39 is 5.97 Å². The van der Waals surface area contributed by atoms with Crippen molar-refractivity contribution in [2.24, 2.45) is 0 Å². The SMILES string of the molecule is CSc1cccc(NC(=O)c2ccnc(C(=O)O)c2)c1. The van der Waals surface area contributed by atoms with Crippen molar-refractivity contribution in [1.82, 2.24) is 4.98 Å². The van der Waals surface area contributed by atoms with Gasteiger partial charge in [0.1, 0.15) is 5.69 Å². The number of nitrogens with one attached hydrogen (secondary N) is 1. The molecule has 0 saturated carbocycles. The van der Waals surface area contributed by atoms with Gasteiger partial charge in [0.2, 0.25) is 0 Å². The molecule has 1 amide bonds. The smallest absolute Gasteiger partial charge is 0.354 e. The molecule has 0 unspecified atom stereocenters. The van der Waals surface area contributed by atoms with Gasteiger partial charge in [-0.05, 0) is 36.6 Å². The Balaban J connectivity index is 2.19. The van der Waals surface area contributed by atoms with E-state index in [1.54, 1.807) is 17.8 Å². The molecule has 0 fully saturated rings. The van der Waals surface area contributed by atoms with Crippen molar-refractivity contribution < 1.29 is 14.7 Å². The Morgan fingerprint density at radius 3 is 2.75 bits per heavy atom. The fourth-order valence-corrected chi connectivity index (χ4v) is 2.05. The van der Waals surface area contributed by atoms with Crippen LogP contribution in [0.5, 0.6) is 0 Å². The van der Waals surface area contributed by atoms with Crippen LogP contribution in [0.15, 0.2) is 47.5 Å². The van der Waals surface area contributed by atoms with E-state index in [-0.39, 0.29) is 17.2 Å². The molecule has 2 N–H and O–H groups in total. The third kappa shape index (κ3) is 3.36. The first kappa shape index (κ1) is 14.1. The molecular weight excluding hydrogens is 276 g/mol. The highest BCUT2D eigenvalue weighted by Crippen LogP contribution is 2.19. The van der Waals surface area contributed by atoms with E-state index in [2.05, 4.69) is 10.3 Å². The molecule has 102 valence electrons. The highest BCUT2D eigenvalue weighted by Gasteiger charge is 2.11. The molecule has 20 heavy (non-hydrogen) atoms. The highest BCUT2D eigenvalue weighted by molar-refractivity contribution is 7.98. The minimum atomic E-state index is -1.16. The average molecular weight is 288 g/mol. The van der Waals surface area contributed by atoms with Gasteiger partial charge >= 0.3 is 5.97 Å². The van der Waals surface area contributed by atoms with Crippen LogP contribution in [0.2, 0.25) is 0 Å². The first-order valence-electron chi connectivity index (χ1n) is 5.75. The summed E-state index contributed by atoms with van der Waals surface area (Å²) >= 11 is 1.57. The summed E-state index contributed by atoms with van der Waals surface area (Å²) in [7, 11) is 0. The van der Waals surface area contributed by atoms with Gasteiger partial charge in [-0.25, -0.2) is 9.78 Å². The van der Waals surface area contributed by atoms with E-state index in [1.165, 1.54) is 18.3 Å². The zero-order valence-electron chi connectivity index (χ0n) is 10.7. The molecule has 2 aromatic rings. The Labute approximate surface area is 120 Å². The van der Waals surface area contributed by atoms with E-state index in [4.69, 9.17) is 5.11 Å². The van der Waals surface area contributed by atoms with Gasteiger partial charge < -0.3 is 10.4 Å². The van der Waals surface area contributed by atoms with Crippen LogP contribution in [0.3, 0.4) is 0 Å². The number of pyridine rings is 1. The minimum Gasteiger partial charge on any atom is -0.477 e. The second-order valence-electron chi connectivity index (χ2n) is 3.92. The maximum atomic E-state index is 12.0. The summed E-state index contributed by atoms with van der Waals surface area (Å²) in [6.45, 7) is 0. The Morgan fingerprint density at radius 2 is 2.05 bits per heavy atom. The molecule has 0 spiro atoms. The van der Waals surface area contributed by atoms with E-state index in [0.29, 0.717) is 5.69 Å². The standard InChI is InChI=1S/C14H12N2O3S/c1-20-11-4-2-3-10(8-11)16-13(17)9-5-6-15-12(7-9)14(18)19/h2-8H,1H3,(H,16,17)(H,18,19). The van der Waals surface area contributed by atoms with Gasteiger partial charge in [-0.15, -0.1) is 11.8 Å². The number of amides is 1. The third-order valence-electron chi connectivity index (χ3n) is 2.57. The number of hydrogen-bond acceptors (Lipinski definition) is 4. The van der Waals surface area contributed by atoms with Crippen LogP contribution in [0, 0.1) is 0 Å². The van der Waals surface area contributed by atoms with E-state index in [0.717, 1.165) is 4.90 Å². The molecule has 6 heteroatoms. The monoisotopic (exact) mass is 288 g/mol. The Morgan fingerprint density at radius 1 is 1.25 bits per heavy atom. The van der Waals surface area contributed by atoms with Gasteiger partial charge in [0.05, 0.1) is 0 Å². The number of carbonyl (C=O) groups is 2. The highest BCUT2D eigenvalue weighted by atomic mass is 32.2. The summed E-state index contributed by atoms with van der Waals surface area (Å²) in [5.41, 5.74) is 0.762. The lowest BCUT2D eigenvalue weighted by atomic mass is 10.2. The molecule has 0 bridgehead atoms. The number of carboxylic acids is 1. The number of nitrogens with zero attached hydrogens (tertiary/aromatic N) is 1. The van der Waals surface area contributed by atoms with Gasteiger partial charge in [-0.2, -0.15) is 0 Å². The van der Waals surface area contributed by atoms with Crippen molar-refractivity contribution in [3.8, 4) is 0 Å². The fourth-order valence-electron chi connectivity index (χ4n) is 1.59. The summed E-state index contributed by atoms with van der Waals surface area (Å²) in [6, 6.07) is 10.1. The number of aromatic nitrogens is 1. The number of rotatable bonds is 4. The lowest BCUT2D eigenvalue weighted by molar-refractivity contribution is 0.0690. The molecule has 0 aliphatic carbocycles. The van der Waals surface area contributed by atoms with E-state index >= 15 is 0 Å². The number of thioether (sulfide) groups is 1. The number of benzene rings is 1. The molecule has 0 atom stereocenters. The van der Waals surface area contributed by atoms with Gasteiger partial charge in [0.15, 0.2) is 0 Å². The maximum Gasteiger partial charge on any atom is 0.354 e. The zero-order chi connectivity index (χ0) is 14.5. The lowest BCUT2D eigenvalue weighted by Gasteiger charge is -2.06. The van der Waals surface area contributed by atoms with Crippen molar-refractivity contribution in [2.45, 2.75) is 4.90 Å². The molecule has 1 aromatic heterocycles. The summed E-state index contributed by atoms with van der Waals surface area (Å²) in [5, 5.41) is 11.6. The largest absolute Gasteiger partial charge is 0.477 e. The molecule has 1 heterocycles. The predicted octanol–water partition coefficient (Wildman–Crippen LogP) is 2.75. The first-order valence-corrected chi connectivity index (χ1v) is 6.97. The van der Waals surface area contributed by atoms with Crippen LogP contribution in [-0.4, -0.2) is 28.2 Å². The van der Waals surface area contributed by atoms with Crippen molar-refractivity contribution in [2.75, 3.05) is 11.6 Å². The Hall–Kier alpha value is -2.34. The maximum absolute atomic E-state index is 12.0. The van der Waals surface area contributed by atoms with Crippen LogP contribution in [-0.2, 0) is 0 Å². The number of carboxylic acid groups (broad SMARTS) is 1. The summed E-state index contributed by atoms with van der Waals surface area (Å²) < 4.78 is 0. The molecule has 0 aliphatic rings. The van der Waals surface area contributed by atoms with Gasteiger partial charge in [0, 0.05) is 22.3 Å². The molecule has 2 rings (SSSR count). The summed E-state index contributed by atoms with van der Waals surface area (Å²) in [5.74, 6) is -1.53. The van der Waals surface area contributed by atoms with Crippen LogP contribution >= 0.6 is 11.8 Å². The molecule has 0 radical (unpaired) electrons. The predicted molar refractivity (Wildman–Crippen MR) is 77.4 cm³/mol. The third-order valence-corrected chi connectivity index (χ3v) is 3.29. The summed E-state index contributed by atoms with van der Waals surface area (Å²) in [6.07, 6.45) is 3.25. The van der Waals surface area contributed by atoms with Gasteiger partial charge in [-0.3, -0.25) is 4.79 Å². The second-order valence-corrected chi connectivity index (χ2v) is 4.80. The molecule has 5 nitrogen and oxygen atoms in total. The lowest BCUT2D eigenvalue weighted by Crippen LogP contribution is -2.13. The van der Waals surface area contributed by atoms with Crippen LogP contribution < -0.4 is 5.32 Å². The van der Waals surface area contributed by atoms with Crippen molar-refractivity contribution in [3.05, 3.63) is 53.9 Å². The van der Waals surface area contributed by atoms with Crippen molar-refractivity contribution in [1.29, 1.82) is 0 Å². The first-order chi connectivity index (χ1) is 9.60. The minimum absolute atomic E-state index is 0.157. The second kappa shape index (κ2) is 6.21. The zero-order valence-corrected chi connectivity index (χ0v) is 11.5. The normalized spacial score (nSPS) is 10.1. The number of aromatic carboxylic acids is 1. The number of carbonyl (C=O) groups excluding carboxylic acids is 1. The molecule has 1 aromatic carbocycles. The molecule has 0 saturated heterocycles. The van der Waals surface area contributed by atoms with E-state index in [9.17, 15) is 9.59 Å². The number of hydrogen-bond donors (Lipinski definition) is 2. The van der Waals surface area contributed by atoms with Crippen LogP contribution in [0.25, 0.3) is 0 Å². The Bertz CT molecular complexity index is 658. The van der Waals surface area contributed by atoms with Crippen molar-refractivity contribution >= 4 is 29.3 Å². The quantitative estimate of drug-likeness (QED) is 0.846. The fraction of sp³-hybridized carbons (Fsp3) is 0.0714. The van der Waals surface area contributed by atoms with Gasteiger partial charge in [-0.1, -0.05) is 6.07 Å². The Kier molecular flexibility index (Phi) is 4.37. The number of anilines is 1. The van der Waals surface area contributed by atoms with Crippen LogP contribution in [0.4, 0.5) is 5.69 Å². The average Bonchev–Trinajstić information content (AvgIpc) is 2.47. The van der Waals surface area contributed by atoms with E-state index in [1.807, 2.05) is 24.5 Å². The molecular formula is C14H12N2O3S. The van der Waals surface area contributed by atoms with Gasteiger partial charge in [0.25, 0.3) is 5.91 Å².